The standard InChI is InChI=1S/C56H97N21O11S/c1-32(20-21-44(60)78)47(81)76-43(30-45(61)79)54(88)74-40(19-12-27-68-56(65)66)49(83)72-39(18-11-26-67-55(63)64)50(84)75-41(22-28-89-2)52(86)71-38(17-7-10-25-59)51(85)77-42(29-33-31-69-35-14-4-3-13-34(33)35)53(87)73-37(16-6-9-24-58)48(82)70-36(46(62)80)15-5-8-23-57/h3-4,13-14,31-32,36-43,69H,5-12,15-30,57-59H2,1-2H3,(H2,60,78)(H2,61,79)(H2,62,80)(H,70,82)(H,71,86)(H,72,83)(H,73,87)(H,74,88)(H,75,84)(H,76,81)(H,77,85)(H4,63,64,67)(H4,65,66,68). The van der Waals surface area contributed by atoms with Crippen molar-refractivity contribution in [3.63, 3.8) is 0 Å². The number of guanidine groups is 2. The minimum Gasteiger partial charge on any atom is -0.370 e. The van der Waals surface area contributed by atoms with Crippen LogP contribution in [0, 0.1) is 5.92 Å². The maximum atomic E-state index is 14.8. The maximum Gasteiger partial charge on any atom is 0.243 e. The highest BCUT2D eigenvalue weighted by atomic mass is 32.2. The average molecular weight is 1270 g/mol. The summed E-state index contributed by atoms with van der Waals surface area (Å²) in [6, 6.07) is -3.56. The molecule has 89 heavy (non-hydrogen) atoms. The van der Waals surface area contributed by atoms with E-state index < -0.39 is 126 Å². The van der Waals surface area contributed by atoms with E-state index in [-0.39, 0.29) is 102 Å². The summed E-state index contributed by atoms with van der Waals surface area (Å²) in [5.41, 5.74) is 57.2. The maximum absolute atomic E-state index is 14.8. The van der Waals surface area contributed by atoms with Gasteiger partial charge in [-0.05, 0) is 140 Å². The molecule has 1 heterocycles. The van der Waals surface area contributed by atoms with Crippen LogP contribution in [0.2, 0.25) is 0 Å². The zero-order chi connectivity index (χ0) is 66.4. The van der Waals surface area contributed by atoms with E-state index in [0.717, 1.165) is 10.9 Å². The number of carbonyl (C=O) groups is 11. The van der Waals surface area contributed by atoms with Gasteiger partial charge in [-0.2, -0.15) is 11.8 Å². The lowest BCUT2D eigenvalue weighted by atomic mass is 10.0. The first-order valence-electron chi connectivity index (χ1n) is 29.9. The van der Waals surface area contributed by atoms with Crippen LogP contribution >= 0.6 is 11.8 Å². The highest BCUT2D eigenvalue weighted by Gasteiger charge is 2.36. The van der Waals surface area contributed by atoms with Crippen molar-refractivity contribution in [2.24, 2.45) is 73.2 Å². The van der Waals surface area contributed by atoms with E-state index in [9.17, 15) is 52.7 Å². The normalized spacial score (nSPS) is 14.1. The summed E-state index contributed by atoms with van der Waals surface area (Å²) in [4.78, 5) is 161. The van der Waals surface area contributed by atoms with Crippen LogP contribution in [0.25, 0.3) is 10.9 Å². The second-order valence-corrected chi connectivity index (χ2v) is 22.5. The van der Waals surface area contributed by atoms with Crippen molar-refractivity contribution in [1.29, 1.82) is 0 Å². The number of aromatic amines is 1. The van der Waals surface area contributed by atoms with Crippen molar-refractivity contribution in [2.75, 3.05) is 44.7 Å². The van der Waals surface area contributed by atoms with Gasteiger partial charge in [-0.3, -0.25) is 62.7 Å². The molecule has 9 atom stereocenters. The lowest BCUT2D eigenvalue weighted by molar-refractivity contribution is -0.136. The first-order chi connectivity index (χ1) is 42.3. The first kappa shape index (κ1) is 76.8. The average Bonchev–Trinajstić information content (AvgIpc) is 3.92. The third-order valence-electron chi connectivity index (χ3n) is 14.2. The van der Waals surface area contributed by atoms with Gasteiger partial charge in [-0.1, -0.05) is 25.1 Å². The minimum atomic E-state index is -1.59. The molecule has 1 aromatic heterocycles. The number of hydrogen-bond donors (Lipinski definition) is 19. The van der Waals surface area contributed by atoms with Gasteiger partial charge in [0.05, 0.1) is 6.42 Å². The number of aromatic nitrogens is 1. The second kappa shape index (κ2) is 42.6. The van der Waals surface area contributed by atoms with Crippen LogP contribution in [0.15, 0.2) is 40.4 Å². The number of carbonyl (C=O) groups excluding carboxylic acids is 11. The number of amides is 11. The Balaban J connectivity index is 2.62. The Morgan fingerprint density at radius 3 is 1.26 bits per heavy atom. The van der Waals surface area contributed by atoms with Crippen molar-refractivity contribution >= 4 is 99.6 Å². The van der Waals surface area contributed by atoms with E-state index in [1.54, 1.807) is 18.5 Å². The molecule has 33 heteroatoms. The number of rotatable bonds is 47. The van der Waals surface area contributed by atoms with Crippen LogP contribution in [0.4, 0.5) is 0 Å². The zero-order valence-corrected chi connectivity index (χ0v) is 51.9. The van der Waals surface area contributed by atoms with E-state index in [0.29, 0.717) is 62.9 Å². The van der Waals surface area contributed by atoms with E-state index in [1.807, 2.05) is 18.2 Å². The van der Waals surface area contributed by atoms with Crippen LogP contribution in [0.1, 0.15) is 122 Å². The van der Waals surface area contributed by atoms with Crippen LogP contribution in [0.5, 0.6) is 0 Å². The molecular weight excluding hydrogens is 1170 g/mol. The van der Waals surface area contributed by atoms with Gasteiger partial charge in [0.2, 0.25) is 65.0 Å². The number of nitrogens with zero attached hydrogens (tertiary/aromatic N) is 2. The number of hydrogen-bond acceptors (Lipinski definition) is 17. The van der Waals surface area contributed by atoms with E-state index in [1.165, 1.54) is 18.7 Å². The molecule has 32 nitrogen and oxygen atoms in total. The number of nitrogens with one attached hydrogen (secondary N) is 9. The SMILES string of the molecule is CSCCC(NC(=O)C(CCCN=C(N)N)NC(=O)C(CCCN=C(N)N)NC(=O)C(CC(N)=O)NC(=O)C(C)CCC(N)=O)C(=O)NC(CCCCN)C(=O)NC(Cc1c[nH]c2ccccc12)C(=O)NC(CCCCN)C(=O)NC(CCCCN)C(N)=O. The Morgan fingerprint density at radius 2 is 0.843 bits per heavy atom. The quantitative estimate of drug-likeness (QED) is 0.0168. The molecule has 0 saturated heterocycles. The smallest absolute Gasteiger partial charge is 0.243 e. The highest BCUT2D eigenvalue weighted by molar-refractivity contribution is 7.98. The summed E-state index contributed by atoms with van der Waals surface area (Å²) in [6.45, 7) is 2.35. The molecule has 498 valence electrons. The number of H-pyrrole nitrogens is 1. The first-order valence-corrected chi connectivity index (χ1v) is 31.3. The van der Waals surface area contributed by atoms with Crippen LogP contribution < -0.4 is 99.9 Å². The molecular formula is C56H97N21O11S. The molecule has 9 unspecified atom stereocenters. The van der Waals surface area contributed by atoms with Crippen molar-refractivity contribution < 1.29 is 52.7 Å². The van der Waals surface area contributed by atoms with Crippen molar-refractivity contribution in [3.05, 3.63) is 36.0 Å². The summed E-state index contributed by atoms with van der Waals surface area (Å²) in [7, 11) is 0. The summed E-state index contributed by atoms with van der Waals surface area (Å²) >= 11 is 1.34. The fraction of sp³-hybridized carbons (Fsp3) is 0.625. The molecule has 0 fully saturated rings. The van der Waals surface area contributed by atoms with E-state index in [4.69, 9.17) is 57.3 Å². The number of benzene rings is 1. The Kier molecular flexibility index (Phi) is 36.7. The molecule has 0 spiro atoms. The topological polar surface area (TPSA) is 585 Å². The monoisotopic (exact) mass is 1270 g/mol. The third-order valence-corrected chi connectivity index (χ3v) is 14.9. The number of primary amides is 3. The Bertz CT molecular complexity index is 2690. The number of nitrogens with two attached hydrogens (primary N) is 10. The molecule has 0 radical (unpaired) electrons. The number of unbranched alkanes of at least 4 members (excludes halogenated alkanes) is 3. The fourth-order valence-electron chi connectivity index (χ4n) is 9.20. The summed E-state index contributed by atoms with van der Waals surface area (Å²) in [5.74, 6) is -10.0. The Labute approximate surface area is 522 Å². The van der Waals surface area contributed by atoms with Gasteiger partial charge in [0.25, 0.3) is 0 Å². The van der Waals surface area contributed by atoms with Gasteiger partial charge in [0, 0.05) is 48.9 Å². The van der Waals surface area contributed by atoms with E-state index >= 15 is 0 Å². The van der Waals surface area contributed by atoms with Crippen molar-refractivity contribution in [2.45, 2.75) is 171 Å². The molecule has 1 aromatic carbocycles. The summed E-state index contributed by atoms with van der Waals surface area (Å²) in [5, 5.41) is 22.1. The van der Waals surface area contributed by atoms with Crippen molar-refractivity contribution in [1.82, 2.24) is 47.5 Å². The molecule has 0 aliphatic carbocycles. The highest BCUT2D eigenvalue weighted by Crippen LogP contribution is 2.20. The second-order valence-electron chi connectivity index (χ2n) is 21.6. The summed E-state index contributed by atoms with van der Waals surface area (Å²) < 4.78 is 0. The van der Waals surface area contributed by atoms with Gasteiger partial charge in [0.1, 0.15) is 48.3 Å². The molecule has 2 aromatic rings. The van der Waals surface area contributed by atoms with Gasteiger partial charge < -0.3 is 105 Å². The number of fused-ring (bicyclic) bond motifs is 1. The third kappa shape index (κ3) is 30.5. The van der Waals surface area contributed by atoms with Crippen LogP contribution in [-0.4, -0.2) is 175 Å². The Morgan fingerprint density at radius 1 is 0.461 bits per heavy atom. The minimum absolute atomic E-state index is 0.00412. The predicted molar refractivity (Wildman–Crippen MR) is 340 cm³/mol. The number of para-hydroxylation sites is 1. The van der Waals surface area contributed by atoms with Gasteiger partial charge in [-0.25, -0.2) is 0 Å². The van der Waals surface area contributed by atoms with Gasteiger partial charge in [0.15, 0.2) is 11.9 Å². The zero-order valence-electron chi connectivity index (χ0n) is 51.1. The fourth-order valence-corrected chi connectivity index (χ4v) is 9.67. The molecule has 11 amide bonds. The Hall–Kier alpha value is -8.30. The summed E-state index contributed by atoms with van der Waals surface area (Å²) in [6.07, 6.45) is 5.49. The molecule has 2 rings (SSSR count). The molecule has 29 N–H and O–H groups in total. The lowest BCUT2D eigenvalue weighted by Crippen LogP contribution is -2.60. The molecule has 0 bridgehead atoms. The van der Waals surface area contributed by atoms with Crippen LogP contribution in [-0.2, 0) is 59.2 Å². The number of aliphatic imine (C=N–C) groups is 2. The molecule has 0 aliphatic heterocycles. The molecule has 0 saturated carbocycles. The van der Waals surface area contributed by atoms with Gasteiger partial charge >= 0.3 is 0 Å². The van der Waals surface area contributed by atoms with Crippen LogP contribution in [0.3, 0.4) is 0 Å². The van der Waals surface area contributed by atoms with Crippen molar-refractivity contribution in [3.8, 4) is 0 Å². The molecule has 0 aliphatic rings. The van der Waals surface area contributed by atoms with Gasteiger partial charge in [-0.15, -0.1) is 0 Å². The lowest BCUT2D eigenvalue weighted by Gasteiger charge is -2.28. The number of thioether (sulfide) groups is 1. The predicted octanol–water partition coefficient (Wildman–Crippen LogP) is -4.90. The van der Waals surface area contributed by atoms with E-state index in [2.05, 4.69) is 57.5 Å². The largest absolute Gasteiger partial charge is 0.370 e.